The van der Waals surface area contributed by atoms with E-state index in [2.05, 4.69) is 14.9 Å². The van der Waals surface area contributed by atoms with Crippen LogP contribution in [0.1, 0.15) is 12.1 Å². The highest BCUT2D eigenvalue weighted by molar-refractivity contribution is 5.31. The second-order valence-electron chi connectivity index (χ2n) is 3.83. The van der Waals surface area contributed by atoms with Gasteiger partial charge in [-0.05, 0) is 31.9 Å². The molecule has 2 rings (SSSR count). The van der Waals surface area contributed by atoms with Crippen molar-refractivity contribution >= 4 is 5.95 Å². The summed E-state index contributed by atoms with van der Waals surface area (Å²) < 4.78 is 0. The van der Waals surface area contributed by atoms with Crippen LogP contribution in [-0.2, 0) is 0 Å². The summed E-state index contributed by atoms with van der Waals surface area (Å²) in [6.07, 6.45) is 2.97. The second kappa shape index (κ2) is 3.92. The Bertz CT molecular complexity index is 313. The molecule has 1 aromatic rings. The van der Waals surface area contributed by atoms with Gasteiger partial charge in [0.2, 0.25) is 5.95 Å². The number of nitrogens with two attached hydrogens (primary N) is 1. The van der Waals surface area contributed by atoms with Crippen molar-refractivity contribution in [1.82, 2.24) is 9.97 Å². The maximum Gasteiger partial charge on any atom is 0.225 e. The van der Waals surface area contributed by atoms with Gasteiger partial charge in [-0.25, -0.2) is 9.97 Å². The molecule has 0 radical (unpaired) electrons. The van der Waals surface area contributed by atoms with Crippen LogP contribution in [0.15, 0.2) is 12.3 Å². The van der Waals surface area contributed by atoms with Crippen LogP contribution in [0.3, 0.4) is 0 Å². The van der Waals surface area contributed by atoms with Crippen molar-refractivity contribution in [2.45, 2.75) is 13.3 Å². The van der Waals surface area contributed by atoms with Gasteiger partial charge in [-0.3, -0.25) is 0 Å². The van der Waals surface area contributed by atoms with E-state index in [1.54, 1.807) is 0 Å². The van der Waals surface area contributed by atoms with Crippen molar-refractivity contribution in [3.63, 3.8) is 0 Å². The molecule has 14 heavy (non-hydrogen) atoms. The zero-order valence-corrected chi connectivity index (χ0v) is 8.48. The minimum Gasteiger partial charge on any atom is -0.340 e. The predicted octanol–water partition coefficient (Wildman–Crippen LogP) is 0.570. The molecule has 4 nitrogen and oxygen atoms in total. The van der Waals surface area contributed by atoms with E-state index in [-0.39, 0.29) is 0 Å². The number of rotatable bonds is 2. The normalized spacial score (nSPS) is 21.6. The Morgan fingerprint density at radius 3 is 3.14 bits per heavy atom. The van der Waals surface area contributed by atoms with Gasteiger partial charge in [0, 0.05) is 25.0 Å². The molecule has 4 heteroatoms. The molecule has 0 amide bonds. The Labute approximate surface area is 84.2 Å². The third kappa shape index (κ3) is 1.85. The summed E-state index contributed by atoms with van der Waals surface area (Å²) in [6.45, 7) is 4.79. The standard InChI is InChI=1S/C10H16N4/c1-8-2-4-12-10(13-8)14-5-3-9(6-11)7-14/h2,4,9H,3,5-7,11H2,1H3/t9-/m1/s1. The molecule has 1 aliphatic heterocycles. The van der Waals surface area contributed by atoms with Crippen LogP contribution in [0.4, 0.5) is 5.95 Å². The largest absolute Gasteiger partial charge is 0.340 e. The molecule has 2 heterocycles. The molecule has 2 N–H and O–H groups in total. The van der Waals surface area contributed by atoms with Crippen molar-refractivity contribution in [3.05, 3.63) is 18.0 Å². The first-order chi connectivity index (χ1) is 6.79. The average molecular weight is 192 g/mol. The van der Waals surface area contributed by atoms with Gasteiger partial charge in [0.25, 0.3) is 0 Å². The summed E-state index contributed by atoms with van der Waals surface area (Å²) in [5.41, 5.74) is 6.66. The van der Waals surface area contributed by atoms with E-state index in [4.69, 9.17) is 5.73 Å². The Morgan fingerprint density at radius 1 is 1.64 bits per heavy atom. The van der Waals surface area contributed by atoms with Crippen LogP contribution < -0.4 is 10.6 Å². The van der Waals surface area contributed by atoms with Crippen molar-refractivity contribution < 1.29 is 0 Å². The molecule has 1 aliphatic rings. The molecule has 0 unspecified atom stereocenters. The lowest BCUT2D eigenvalue weighted by Gasteiger charge is -2.15. The molecule has 1 aromatic heterocycles. The number of aryl methyl sites for hydroxylation is 1. The molecule has 0 saturated carbocycles. The Morgan fingerprint density at radius 2 is 2.50 bits per heavy atom. The predicted molar refractivity (Wildman–Crippen MR) is 56.1 cm³/mol. The van der Waals surface area contributed by atoms with Crippen LogP contribution >= 0.6 is 0 Å². The van der Waals surface area contributed by atoms with Gasteiger partial charge < -0.3 is 10.6 Å². The zero-order valence-electron chi connectivity index (χ0n) is 8.48. The van der Waals surface area contributed by atoms with Gasteiger partial charge in [0.05, 0.1) is 0 Å². The Balaban J connectivity index is 2.09. The number of nitrogens with zero attached hydrogens (tertiary/aromatic N) is 3. The minimum atomic E-state index is 0.610. The third-order valence-electron chi connectivity index (χ3n) is 2.68. The Hall–Kier alpha value is -1.16. The van der Waals surface area contributed by atoms with Crippen LogP contribution in [0.2, 0.25) is 0 Å². The fraction of sp³-hybridized carbons (Fsp3) is 0.600. The number of hydrogen-bond acceptors (Lipinski definition) is 4. The molecule has 1 saturated heterocycles. The maximum absolute atomic E-state index is 5.64. The summed E-state index contributed by atoms with van der Waals surface area (Å²) >= 11 is 0. The van der Waals surface area contributed by atoms with Crippen LogP contribution in [-0.4, -0.2) is 29.6 Å². The van der Waals surface area contributed by atoms with Gasteiger partial charge in [-0.2, -0.15) is 0 Å². The van der Waals surface area contributed by atoms with Crippen LogP contribution in [0.5, 0.6) is 0 Å². The van der Waals surface area contributed by atoms with Gasteiger partial charge >= 0.3 is 0 Å². The molecule has 76 valence electrons. The topological polar surface area (TPSA) is 55.0 Å². The number of hydrogen-bond donors (Lipinski definition) is 1. The van der Waals surface area contributed by atoms with E-state index < -0.39 is 0 Å². The van der Waals surface area contributed by atoms with E-state index in [0.29, 0.717) is 5.92 Å². The SMILES string of the molecule is Cc1ccnc(N2CC[C@H](CN)C2)n1. The summed E-state index contributed by atoms with van der Waals surface area (Å²) in [5, 5.41) is 0. The quantitative estimate of drug-likeness (QED) is 0.744. The van der Waals surface area contributed by atoms with Gasteiger partial charge in [-0.1, -0.05) is 0 Å². The summed E-state index contributed by atoms with van der Waals surface area (Å²) in [4.78, 5) is 10.9. The van der Waals surface area contributed by atoms with E-state index >= 15 is 0 Å². The Kier molecular flexibility index (Phi) is 2.63. The highest BCUT2D eigenvalue weighted by Crippen LogP contribution is 2.19. The number of aromatic nitrogens is 2. The first kappa shape index (κ1) is 9.40. The zero-order chi connectivity index (χ0) is 9.97. The summed E-state index contributed by atoms with van der Waals surface area (Å²) in [6, 6.07) is 1.92. The molecular formula is C10H16N4. The van der Waals surface area contributed by atoms with Crippen LogP contribution in [0, 0.1) is 12.8 Å². The molecule has 0 spiro atoms. The van der Waals surface area contributed by atoms with Gasteiger partial charge in [-0.15, -0.1) is 0 Å². The molecular weight excluding hydrogens is 176 g/mol. The van der Waals surface area contributed by atoms with E-state index in [0.717, 1.165) is 37.7 Å². The van der Waals surface area contributed by atoms with Gasteiger partial charge in [0.15, 0.2) is 0 Å². The molecule has 1 fully saturated rings. The van der Waals surface area contributed by atoms with E-state index in [1.165, 1.54) is 0 Å². The lowest BCUT2D eigenvalue weighted by Crippen LogP contribution is -2.24. The molecule has 1 atom stereocenters. The maximum atomic E-state index is 5.64. The number of anilines is 1. The minimum absolute atomic E-state index is 0.610. The van der Waals surface area contributed by atoms with E-state index in [1.807, 2.05) is 19.2 Å². The van der Waals surface area contributed by atoms with Gasteiger partial charge in [0.1, 0.15) is 0 Å². The van der Waals surface area contributed by atoms with Crippen molar-refractivity contribution in [2.75, 3.05) is 24.5 Å². The first-order valence-electron chi connectivity index (χ1n) is 5.04. The van der Waals surface area contributed by atoms with Crippen molar-refractivity contribution in [1.29, 1.82) is 0 Å². The van der Waals surface area contributed by atoms with Crippen molar-refractivity contribution in [2.24, 2.45) is 11.7 Å². The third-order valence-corrected chi connectivity index (χ3v) is 2.68. The fourth-order valence-corrected chi connectivity index (χ4v) is 1.79. The summed E-state index contributed by atoms with van der Waals surface area (Å²) in [5.74, 6) is 1.46. The average Bonchev–Trinajstić information content (AvgIpc) is 2.66. The molecule has 0 bridgehead atoms. The lowest BCUT2D eigenvalue weighted by molar-refractivity contribution is 0.601. The smallest absolute Gasteiger partial charge is 0.225 e. The summed E-state index contributed by atoms with van der Waals surface area (Å²) in [7, 11) is 0. The highest BCUT2D eigenvalue weighted by atomic mass is 15.3. The molecule has 0 aromatic carbocycles. The molecule has 0 aliphatic carbocycles. The van der Waals surface area contributed by atoms with E-state index in [9.17, 15) is 0 Å². The first-order valence-corrected chi connectivity index (χ1v) is 5.04. The van der Waals surface area contributed by atoms with Crippen molar-refractivity contribution in [3.8, 4) is 0 Å². The fourth-order valence-electron chi connectivity index (χ4n) is 1.79. The monoisotopic (exact) mass is 192 g/mol. The second-order valence-corrected chi connectivity index (χ2v) is 3.83. The highest BCUT2D eigenvalue weighted by Gasteiger charge is 2.22. The lowest BCUT2D eigenvalue weighted by atomic mass is 10.1. The van der Waals surface area contributed by atoms with Crippen LogP contribution in [0.25, 0.3) is 0 Å².